The molecule has 128 valence electrons. The van der Waals surface area contributed by atoms with Gasteiger partial charge in [-0.1, -0.05) is 0 Å². The van der Waals surface area contributed by atoms with Gasteiger partial charge in [0.15, 0.2) is 0 Å². The van der Waals surface area contributed by atoms with Crippen molar-refractivity contribution in [2.75, 3.05) is 13.6 Å². The van der Waals surface area contributed by atoms with Gasteiger partial charge in [-0.2, -0.15) is 0 Å². The van der Waals surface area contributed by atoms with Crippen molar-refractivity contribution in [3.05, 3.63) is 60.5 Å². The lowest BCUT2D eigenvalue weighted by atomic mass is 10.2. The molecule has 3 heterocycles. The smallest absolute Gasteiger partial charge is 0.249 e. The first-order valence-corrected chi connectivity index (χ1v) is 8.08. The van der Waals surface area contributed by atoms with E-state index in [1.54, 1.807) is 42.8 Å². The molecule has 0 saturated carbocycles. The molecule has 3 aromatic rings. The largest absolute Gasteiger partial charge is 0.421 e. The van der Waals surface area contributed by atoms with Crippen LogP contribution in [0.15, 0.2) is 53.5 Å². The molecule has 0 aliphatic carbocycles. The van der Waals surface area contributed by atoms with Crippen LogP contribution in [-0.4, -0.2) is 44.6 Å². The van der Waals surface area contributed by atoms with E-state index in [0.29, 0.717) is 31.2 Å². The second-order valence-corrected chi connectivity index (χ2v) is 5.66. The Bertz CT molecular complexity index is 805. The second kappa shape index (κ2) is 8.14. The molecule has 0 aromatic carbocycles. The average Bonchev–Trinajstić information content (AvgIpc) is 3.15. The second-order valence-electron chi connectivity index (χ2n) is 5.66. The van der Waals surface area contributed by atoms with Gasteiger partial charge in [-0.15, -0.1) is 10.2 Å². The summed E-state index contributed by atoms with van der Waals surface area (Å²) in [6.07, 6.45) is 8.42. The summed E-state index contributed by atoms with van der Waals surface area (Å²) in [5.41, 5.74) is 1.93. The number of hydrogen-bond acceptors (Lipinski definition) is 6. The van der Waals surface area contributed by atoms with Crippen molar-refractivity contribution >= 4 is 5.91 Å². The molecule has 3 rings (SSSR count). The molecule has 0 spiro atoms. The standard InChI is InChI=1S/C18H19N5O2/c1-23(12-8-14-6-10-19-11-7-14)17(24)5-4-16-21-22-18(25-16)15-3-2-9-20-13-15/h2-3,6-7,9-11,13H,4-5,8,12H2,1H3. The Morgan fingerprint density at radius 2 is 1.92 bits per heavy atom. The Kier molecular flexibility index (Phi) is 5.46. The van der Waals surface area contributed by atoms with Crippen molar-refractivity contribution in [3.63, 3.8) is 0 Å². The number of amides is 1. The predicted molar refractivity (Wildman–Crippen MR) is 91.4 cm³/mol. The van der Waals surface area contributed by atoms with Crippen LogP contribution < -0.4 is 0 Å². The Morgan fingerprint density at radius 3 is 2.68 bits per heavy atom. The van der Waals surface area contributed by atoms with Gasteiger partial charge in [0.2, 0.25) is 17.7 Å². The van der Waals surface area contributed by atoms with Crippen LogP contribution in [0, 0.1) is 0 Å². The molecular formula is C18H19N5O2. The molecule has 7 heteroatoms. The number of aryl methyl sites for hydroxylation is 1. The fourth-order valence-electron chi connectivity index (χ4n) is 2.34. The lowest BCUT2D eigenvalue weighted by molar-refractivity contribution is -0.129. The minimum Gasteiger partial charge on any atom is -0.421 e. The first-order valence-electron chi connectivity index (χ1n) is 8.08. The molecule has 0 radical (unpaired) electrons. The molecule has 0 unspecified atom stereocenters. The van der Waals surface area contributed by atoms with Gasteiger partial charge in [0, 0.05) is 51.2 Å². The number of nitrogens with zero attached hydrogens (tertiary/aromatic N) is 5. The van der Waals surface area contributed by atoms with Crippen LogP contribution in [0.2, 0.25) is 0 Å². The quantitative estimate of drug-likeness (QED) is 0.657. The zero-order valence-corrected chi connectivity index (χ0v) is 14.0. The van der Waals surface area contributed by atoms with Gasteiger partial charge in [0.05, 0.1) is 5.56 Å². The highest BCUT2D eigenvalue weighted by Crippen LogP contribution is 2.16. The molecule has 0 saturated heterocycles. The SMILES string of the molecule is CN(CCc1ccncc1)C(=O)CCc1nnc(-c2cccnc2)o1. The summed E-state index contributed by atoms with van der Waals surface area (Å²) in [6, 6.07) is 7.57. The maximum absolute atomic E-state index is 12.2. The third-order valence-corrected chi connectivity index (χ3v) is 3.84. The monoisotopic (exact) mass is 337 g/mol. The van der Waals surface area contributed by atoms with E-state index < -0.39 is 0 Å². The van der Waals surface area contributed by atoms with Crippen molar-refractivity contribution in [2.24, 2.45) is 0 Å². The molecule has 7 nitrogen and oxygen atoms in total. The molecular weight excluding hydrogens is 318 g/mol. The fraction of sp³-hybridized carbons (Fsp3) is 0.278. The molecule has 3 aromatic heterocycles. The molecule has 0 aliphatic heterocycles. The van der Waals surface area contributed by atoms with Gasteiger partial charge < -0.3 is 9.32 Å². The number of aromatic nitrogens is 4. The number of carbonyl (C=O) groups excluding carboxylic acids is 1. The van der Waals surface area contributed by atoms with Gasteiger partial charge in [-0.25, -0.2) is 0 Å². The molecule has 25 heavy (non-hydrogen) atoms. The van der Waals surface area contributed by atoms with Crippen LogP contribution in [0.4, 0.5) is 0 Å². The third kappa shape index (κ3) is 4.69. The lowest BCUT2D eigenvalue weighted by Crippen LogP contribution is -2.29. The topological polar surface area (TPSA) is 85.0 Å². The van der Waals surface area contributed by atoms with E-state index in [1.807, 2.05) is 18.2 Å². The molecule has 1 amide bonds. The summed E-state index contributed by atoms with van der Waals surface area (Å²) >= 11 is 0. The highest BCUT2D eigenvalue weighted by molar-refractivity contribution is 5.76. The van der Waals surface area contributed by atoms with Gasteiger partial charge in [0.1, 0.15) is 0 Å². The first-order chi connectivity index (χ1) is 12.2. The van der Waals surface area contributed by atoms with Gasteiger partial charge >= 0.3 is 0 Å². The zero-order valence-electron chi connectivity index (χ0n) is 14.0. The van der Waals surface area contributed by atoms with E-state index in [4.69, 9.17) is 4.42 Å². The van der Waals surface area contributed by atoms with Crippen LogP contribution in [0.25, 0.3) is 11.5 Å². The zero-order chi connectivity index (χ0) is 17.5. The van der Waals surface area contributed by atoms with E-state index in [0.717, 1.165) is 17.5 Å². The maximum atomic E-state index is 12.2. The molecule has 0 aliphatic rings. The Morgan fingerprint density at radius 1 is 1.08 bits per heavy atom. The Balaban J connectivity index is 1.48. The van der Waals surface area contributed by atoms with Crippen molar-refractivity contribution < 1.29 is 9.21 Å². The Hall–Kier alpha value is -3.09. The third-order valence-electron chi connectivity index (χ3n) is 3.84. The number of carbonyl (C=O) groups is 1. The van der Waals surface area contributed by atoms with Crippen LogP contribution in [-0.2, 0) is 17.6 Å². The summed E-state index contributed by atoms with van der Waals surface area (Å²) in [7, 11) is 1.80. The van der Waals surface area contributed by atoms with Crippen LogP contribution >= 0.6 is 0 Å². The summed E-state index contributed by atoms with van der Waals surface area (Å²) in [6.45, 7) is 0.660. The molecule has 0 atom stereocenters. The minimum absolute atomic E-state index is 0.0511. The molecule has 0 N–H and O–H groups in total. The maximum Gasteiger partial charge on any atom is 0.249 e. The summed E-state index contributed by atoms with van der Waals surface area (Å²) in [4.78, 5) is 22.0. The van der Waals surface area contributed by atoms with Crippen molar-refractivity contribution in [2.45, 2.75) is 19.3 Å². The van der Waals surface area contributed by atoms with Crippen LogP contribution in [0.3, 0.4) is 0 Å². The van der Waals surface area contributed by atoms with Crippen LogP contribution in [0.1, 0.15) is 17.9 Å². The summed E-state index contributed by atoms with van der Waals surface area (Å²) in [5.74, 6) is 0.923. The van der Waals surface area contributed by atoms with Crippen molar-refractivity contribution in [1.82, 2.24) is 25.1 Å². The normalized spacial score (nSPS) is 10.6. The van der Waals surface area contributed by atoms with E-state index in [2.05, 4.69) is 20.2 Å². The Labute approximate surface area is 145 Å². The minimum atomic E-state index is 0.0511. The summed E-state index contributed by atoms with van der Waals surface area (Å²) in [5, 5.41) is 7.99. The first kappa shape index (κ1) is 16.8. The average molecular weight is 337 g/mol. The van der Waals surface area contributed by atoms with E-state index >= 15 is 0 Å². The highest BCUT2D eigenvalue weighted by atomic mass is 16.4. The highest BCUT2D eigenvalue weighted by Gasteiger charge is 2.13. The predicted octanol–water partition coefficient (Wildman–Crippen LogP) is 2.16. The lowest BCUT2D eigenvalue weighted by Gasteiger charge is -2.16. The van der Waals surface area contributed by atoms with Crippen molar-refractivity contribution in [3.8, 4) is 11.5 Å². The van der Waals surface area contributed by atoms with Gasteiger partial charge in [0.25, 0.3) is 0 Å². The van der Waals surface area contributed by atoms with Crippen LogP contribution in [0.5, 0.6) is 0 Å². The van der Waals surface area contributed by atoms with E-state index in [-0.39, 0.29) is 5.91 Å². The number of pyridine rings is 2. The van der Waals surface area contributed by atoms with Crippen molar-refractivity contribution in [1.29, 1.82) is 0 Å². The van der Waals surface area contributed by atoms with Gasteiger partial charge in [-0.05, 0) is 36.2 Å². The van der Waals surface area contributed by atoms with Gasteiger partial charge in [-0.3, -0.25) is 14.8 Å². The molecule has 0 bridgehead atoms. The van der Waals surface area contributed by atoms with E-state index in [9.17, 15) is 4.79 Å². The number of hydrogen-bond donors (Lipinski definition) is 0. The fourth-order valence-corrected chi connectivity index (χ4v) is 2.34. The molecule has 0 fully saturated rings. The number of rotatable bonds is 7. The summed E-state index contributed by atoms with van der Waals surface area (Å²) < 4.78 is 5.59. The van der Waals surface area contributed by atoms with E-state index in [1.165, 1.54) is 0 Å². The number of likely N-dealkylation sites (N-methyl/N-ethyl adjacent to an activating group) is 1.